The van der Waals surface area contributed by atoms with E-state index in [0.29, 0.717) is 5.01 Å². The number of nitrogens with one attached hydrogen (secondary N) is 1. The van der Waals surface area contributed by atoms with E-state index in [-0.39, 0.29) is 33.3 Å². The van der Waals surface area contributed by atoms with E-state index < -0.39 is 21.9 Å². The van der Waals surface area contributed by atoms with E-state index in [1.165, 1.54) is 30.5 Å². The first-order chi connectivity index (χ1) is 12.9. The molecule has 1 aromatic carbocycles. The number of aromatic nitrogens is 2. The summed E-state index contributed by atoms with van der Waals surface area (Å²) in [7, 11) is -3.93. The van der Waals surface area contributed by atoms with Gasteiger partial charge in [-0.2, -0.15) is 4.39 Å². The van der Waals surface area contributed by atoms with E-state index in [1.807, 2.05) is 0 Å². The molecular formula is C17H14FN3O4S2. The van der Waals surface area contributed by atoms with Crippen LogP contribution in [-0.4, -0.2) is 36.1 Å². The maximum atomic E-state index is 14.2. The number of nitrogens with zero attached hydrogens (tertiary/aromatic N) is 2. The molecule has 2 N–H and O–H groups in total. The van der Waals surface area contributed by atoms with Gasteiger partial charge < -0.3 is 10.4 Å². The normalized spacial score (nSPS) is 11.3. The number of benzene rings is 1. The predicted molar refractivity (Wildman–Crippen MR) is 96.9 cm³/mol. The molecule has 2 aromatic heterocycles. The van der Waals surface area contributed by atoms with Crippen molar-refractivity contribution in [2.24, 2.45) is 0 Å². The van der Waals surface area contributed by atoms with Crippen molar-refractivity contribution in [1.82, 2.24) is 15.3 Å². The van der Waals surface area contributed by atoms with Crippen LogP contribution in [0.3, 0.4) is 0 Å². The van der Waals surface area contributed by atoms with Gasteiger partial charge in [-0.05, 0) is 24.3 Å². The Morgan fingerprint density at radius 3 is 2.59 bits per heavy atom. The van der Waals surface area contributed by atoms with Crippen molar-refractivity contribution in [1.29, 1.82) is 0 Å². The molecule has 1 amide bonds. The molecule has 0 fully saturated rings. The van der Waals surface area contributed by atoms with Gasteiger partial charge in [0.05, 0.1) is 15.5 Å². The van der Waals surface area contributed by atoms with Gasteiger partial charge in [-0.25, -0.2) is 23.2 Å². The maximum absolute atomic E-state index is 14.2. The van der Waals surface area contributed by atoms with Crippen LogP contribution >= 0.6 is 11.3 Å². The molecule has 0 aliphatic rings. The largest absolute Gasteiger partial charge is 0.465 e. The summed E-state index contributed by atoms with van der Waals surface area (Å²) < 4.78 is 40.2. The molecule has 2 heterocycles. The van der Waals surface area contributed by atoms with E-state index in [1.54, 1.807) is 18.2 Å². The third-order valence-electron chi connectivity index (χ3n) is 3.57. The molecule has 0 saturated carbocycles. The summed E-state index contributed by atoms with van der Waals surface area (Å²) >= 11 is 0.890. The molecule has 0 atom stereocenters. The number of sulfone groups is 1. The number of carboxylic acid groups (broad SMARTS) is 1. The maximum Gasteiger partial charge on any atom is 0.404 e. The molecule has 3 aromatic rings. The van der Waals surface area contributed by atoms with Crippen LogP contribution in [0.2, 0.25) is 0 Å². The van der Waals surface area contributed by atoms with Crippen LogP contribution in [0, 0.1) is 5.95 Å². The number of pyridine rings is 1. The first kappa shape index (κ1) is 18.9. The Hall–Kier alpha value is -2.85. The molecule has 140 valence electrons. The fourth-order valence-electron chi connectivity index (χ4n) is 2.35. The second kappa shape index (κ2) is 7.80. The van der Waals surface area contributed by atoms with Gasteiger partial charge in [-0.3, -0.25) is 0 Å². The number of carbonyl (C=O) groups is 1. The zero-order valence-corrected chi connectivity index (χ0v) is 15.4. The highest BCUT2D eigenvalue weighted by atomic mass is 32.2. The third kappa shape index (κ3) is 4.12. The Bertz CT molecular complexity index is 1070. The van der Waals surface area contributed by atoms with Crippen molar-refractivity contribution in [2.75, 3.05) is 6.54 Å². The highest BCUT2D eigenvalue weighted by Gasteiger charge is 2.28. The summed E-state index contributed by atoms with van der Waals surface area (Å²) in [5, 5.41) is 11.2. The topological polar surface area (TPSA) is 109 Å². The van der Waals surface area contributed by atoms with Crippen molar-refractivity contribution in [3.63, 3.8) is 0 Å². The molecule has 7 nitrogen and oxygen atoms in total. The fourth-order valence-corrected chi connectivity index (χ4v) is 5.32. The minimum absolute atomic E-state index is 0.0271. The second-order valence-corrected chi connectivity index (χ2v) is 8.61. The summed E-state index contributed by atoms with van der Waals surface area (Å²) in [6, 6.07) is 10.7. The number of thiazole rings is 1. The lowest BCUT2D eigenvalue weighted by atomic mass is 10.2. The summed E-state index contributed by atoms with van der Waals surface area (Å²) in [5.74, 6) is -0.831. The van der Waals surface area contributed by atoms with E-state index in [4.69, 9.17) is 5.11 Å². The number of hydrogen-bond acceptors (Lipinski definition) is 6. The van der Waals surface area contributed by atoms with Gasteiger partial charge in [0.15, 0.2) is 4.21 Å². The average molecular weight is 407 g/mol. The van der Waals surface area contributed by atoms with E-state index in [0.717, 1.165) is 11.3 Å². The summed E-state index contributed by atoms with van der Waals surface area (Å²) in [4.78, 5) is 18.5. The molecule has 27 heavy (non-hydrogen) atoms. The molecular weight excluding hydrogens is 393 g/mol. The quantitative estimate of drug-likeness (QED) is 0.608. The minimum atomic E-state index is -3.93. The standard InChI is InChI=1S/C17H14FN3O4S2/c18-15-12(7-4-9-19-15)14-16(26-13(21-14)8-10-20-17(22)23)27(24,25)11-5-2-1-3-6-11/h1-7,9,20H,8,10H2,(H,22,23). The summed E-state index contributed by atoms with van der Waals surface area (Å²) in [5.41, 5.74) is -0.0551. The number of amides is 1. The molecule has 0 spiro atoms. The molecule has 0 aliphatic heterocycles. The number of rotatable bonds is 6. The molecule has 0 saturated heterocycles. The van der Waals surface area contributed by atoms with Gasteiger partial charge in [0.2, 0.25) is 15.8 Å². The van der Waals surface area contributed by atoms with E-state index >= 15 is 0 Å². The van der Waals surface area contributed by atoms with Gasteiger partial charge in [-0.1, -0.05) is 18.2 Å². The Morgan fingerprint density at radius 1 is 1.19 bits per heavy atom. The molecule has 0 radical (unpaired) electrons. The van der Waals surface area contributed by atoms with Crippen LogP contribution in [-0.2, 0) is 16.3 Å². The van der Waals surface area contributed by atoms with Crippen LogP contribution in [0.1, 0.15) is 5.01 Å². The van der Waals surface area contributed by atoms with Crippen molar-refractivity contribution in [3.8, 4) is 11.3 Å². The van der Waals surface area contributed by atoms with Gasteiger partial charge in [-0.15, -0.1) is 11.3 Å². The lowest BCUT2D eigenvalue weighted by molar-refractivity contribution is 0.194. The first-order valence-corrected chi connectivity index (χ1v) is 10.1. The van der Waals surface area contributed by atoms with Gasteiger partial charge in [0.1, 0.15) is 5.69 Å². The molecule has 0 aliphatic carbocycles. The van der Waals surface area contributed by atoms with E-state index in [2.05, 4.69) is 15.3 Å². The Morgan fingerprint density at radius 2 is 1.93 bits per heavy atom. The molecule has 10 heteroatoms. The predicted octanol–water partition coefficient (Wildman–Crippen LogP) is 2.99. The van der Waals surface area contributed by atoms with Crippen LogP contribution < -0.4 is 5.32 Å². The highest BCUT2D eigenvalue weighted by Crippen LogP contribution is 2.36. The lowest BCUT2D eigenvalue weighted by Crippen LogP contribution is -2.23. The van der Waals surface area contributed by atoms with E-state index in [9.17, 15) is 17.6 Å². The zero-order chi connectivity index (χ0) is 19.4. The van der Waals surface area contributed by atoms with Crippen LogP contribution in [0.25, 0.3) is 11.3 Å². The fraction of sp³-hybridized carbons (Fsp3) is 0.118. The number of halogens is 1. The summed E-state index contributed by atoms with van der Waals surface area (Å²) in [6.45, 7) is 0.0582. The molecule has 3 rings (SSSR count). The second-order valence-electron chi connectivity index (χ2n) is 5.38. The van der Waals surface area contributed by atoms with Gasteiger partial charge in [0, 0.05) is 19.2 Å². The first-order valence-electron chi connectivity index (χ1n) is 7.77. The highest BCUT2D eigenvalue weighted by molar-refractivity contribution is 7.93. The Balaban J connectivity index is 2.10. The summed E-state index contributed by atoms with van der Waals surface area (Å²) in [6.07, 6.45) is 0.243. The van der Waals surface area contributed by atoms with Crippen LogP contribution in [0.5, 0.6) is 0 Å². The Kier molecular flexibility index (Phi) is 5.47. The van der Waals surface area contributed by atoms with Crippen molar-refractivity contribution < 1.29 is 22.7 Å². The van der Waals surface area contributed by atoms with Crippen LogP contribution in [0.15, 0.2) is 57.8 Å². The smallest absolute Gasteiger partial charge is 0.404 e. The monoisotopic (exact) mass is 407 g/mol. The van der Waals surface area contributed by atoms with Crippen molar-refractivity contribution in [2.45, 2.75) is 15.5 Å². The Labute approximate surface area is 158 Å². The zero-order valence-electron chi connectivity index (χ0n) is 13.8. The molecule has 0 bridgehead atoms. The van der Waals surface area contributed by atoms with Crippen LogP contribution in [0.4, 0.5) is 9.18 Å². The minimum Gasteiger partial charge on any atom is -0.465 e. The lowest BCUT2D eigenvalue weighted by Gasteiger charge is -2.05. The van der Waals surface area contributed by atoms with Gasteiger partial charge >= 0.3 is 6.09 Å². The molecule has 0 unspecified atom stereocenters. The third-order valence-corrected chi connectivity index (χ3v) is 6.96. The van der Waals surface area contributed by atoms with Crippen molar-refractivity contribution >= 4 is 27.3 Å². The van der Waals surface area contributed by atoms with Crippen molar-refractivity contribution in [3.05, 3.63) is 59.6 Å². The van der Waals surface area contributed by atoms with Gasteiger partial charge in [0.25, 0.3) is 0 Å². The average Bonchev–Trinajstić information content (AvgIpc) is 3.07. The number of hydrogen-bond donors (Lipinski definition) is 2. The SMILES string of the molecule is O=C(O)NCCc1nc(-c2cccnc2F)c(S(=O)(=O)c2ccccc2)s1.